The molecule has 0 radical (unpaired) electrons. The van der Waals surface area contributed by atoms with Crippen molar-refractivity contribution >= 4 is 44.6 Å². The summed E-state index contributed by atoms with van der Waals surface area (Å²) in [5.41, 5.74) is 0.301. The smallest absolute Gasteiger partial charge is 0.289 e. The Balaban J connectivity index is 1.41. The zero-order valence-corrected chi connectivity index (χ0v) is 21.8. The number of rotatable bonds is 10. The number of nitro groups is 1. The minimum atomic E-state index is -4.19. The lowest BCUT2D eigenvalue weighted by Crippen LogP contribution is -2.43. The zero-order chi connectivity index (χ0) is 26.2. The average molecular weight is 564 g/mol. The molecule has 194 valence electrons. The van der Waals surface area contributed by atoms with Gasteiger partial charge >= 0.3 is 0 Å². The molecule has 3 aromatic rings. The first-order valence-corrected chi connectivity index (χ1v) is 14.1. The normalized spacial score (nSPS) is 14.6. The molecular formula is C24H22ClN3O7S2. The Morgan fingerprint density at radius 2 is 1.89 bits per heavy atom. The highest BCUT2D eigenvalue weighted by Crippen LogP contribution is 2.35. The van der Waals surface area contributed by atoms with Crippen LogP contribution in [0.4, 0.5) is 5.69 Å². The number of carbonyl (C=O) groups is 1. The van der Waals surface area contributed by atoms with Gasteiger partial charge in [0.25, 0.3) is 5.69 Å². The minimum absolute atomic E-state index is 0.133. The van der Waals surface area contributed by atoms with Crippen molar-refractivity contribution in [3.63, 3.8) is 0 Å². The van der Waals surface area contributed by atoms with Crippen molar-refractivity contribution < 1.29 is 27.6 Å². The van der Waals surface area contributed by atoms with Crippen molar-refractivity contribution in [3.8, 4) is 11.5 Å². The molecule has 1 saturated carbocycles. The van der Waals surface area contributed by atoms with E-state index in [1.54, 1.807) is 17.0 Å². The van der Waals surface area contributed by atoms with Gasteiger partial charge in [0.1, 0.15) is 5.02 Å². The summed E-state index contributed by atoms with van der Waals surface area (Å²) in [6, 6.07) is 12.2. The second-order valence-corrected chi connectivity index (χ2v) is 12.0. The number of benzene rings is 2. The third kappa shape index (κ3) is 5.57. The molecule has 10 nitrogen and oxygen atoms in total. The number of hydrogen-bond acceptors (Lipinski definition) is 8. The fraction of sp³-hybridized carbons (Fsp3) is 0.292. The summed E-state index contributed by atoms with van der Waals surface area (Å²) in [4.78, 5) is 26.4. The largest absolute Gasteiger partial charge is 0.454 e. The van der Waals surface area contributed by atoms with Gasteiger partial charge in [-0.1, -0.05) is 23.7 Å². The van der Waals surface area contributed by atoms with Crippen LogP contribution in [0.3, 0.4) is 0 Å². The molecule has 0 bridgehead atoms. The first-order valence-electron chi connectivity index (χ1n) is 11.4. The van der Waals surface area contributed by atoms with Crippen molar-refractivity contribution in [3.05, 3.63) is 79.5 Å². The third-order valence-corrected chi connectivity index (χ3v) is 9.13. The van der Waals surface area contributed by atoms with Crippen molar-refractivity contribution in [2.45, 2.75) is 36.9 Å². The van der Waals surface area contributed by atoms with Crippen molar-refractivity contribution in [2.24, 2.45) is 0 Å². The van der Waals surface area contributed by atoms with E-state index in [4.69, 9.17) is 21.1 Å². The second kappa shape index (κ2) is 10.3. The number of nitrogens with zero attached hydrogens (tertiary/aromatic N) is 3. The van der Waals surface area contributed by atoms with E-state index in [1.165, 1.54) is 23.5 Å². The van der Waals surface area contributed by atoms with E-state index >= 15 is 0 Å². The van der Waals surface area contributed by atoms with Gasteiger partial charge in [-0.3, -0.25) is 14.9 Å². The van der Waals surface area contributed by atoms with Crippen molar-refractivity contribution in [1.29, 1.82) is 0 Å². The number of carbonyl (C=O) groups excluding carboxylic acids is 1. The molecule has 0 saturated heterocycles. The predicted octanol–water partition coefficient (Wildman–Crippen LogP) is 4.42. The van der Waals surface area contributed by atoms with Crippen LogP contribution in [0.2, 0.25) is 5.02 Å². The number of fused-ring (bicyclic) bond motifs is 1. The second-order valence-electron chi connectivity index (χ2n) is 8.67. The maximum atomic E-state index is 13.6. The van der Waals surface area contributed by atoms with Gasteiger partial charge in [-0.15, -0.1) is 11.3 Å². The van der Waals surface area contributed by atoms with E-state index in [2.05, 4.69) is 0 Å². The predicted molar refractivity (Wildman–Crippen MR) is 136 cm³/mol. The Hall–Kier alpha value is -3.19. The fourth-order valence-electron chi connectivity index (χ4n) is 4.02. The Labute approximate surface area is 222 Å². The van der Waals surface area contributed by atoms with Crippen LogP contribution in [0.5, 0.6) is 11.5 Å². The monoisotopic (exact) mass is 563 g/mol. The number of hydrogen-bond donors (Lipinski definition) is 0. The summed E-state index contributed by atoms with van der Waals surface area (Å²) in [6.45, 7) is 0.279. The van der Waals surface area contributed by atoms with Crippen LogP contribution in [-0.2, 0) is 27.9 Å². The number of thiophene rings is 1. The molecule has 5 rings (SSSR count). The molecule has 2 heterocycles. The van der Waals surface area contributed by atoms with Gasteiger partial charge in [0.2, 0.25) is 22.7 Å². The maximum Gasteiger partial charge on any atom is 0.289 e. The summed E-state index contributed by atoms with van der Waals surface area (Å²) < 4.78 is 39.0. The highest BCUT2D eigenvalue weighted by molar-refractivity contribution is 7.89. The van der Waals surface area contributed by atoms with E-state index in [0.717, 1.165) is 20.8 Å². The van der Waals surface area contributed by atoms with E-state index in [9.17, 15) is 23.3 Å². The van der Waals surface area contributed by atoms with E-state index in [-0.39, 0.29) is 41.7 Å². The molecule has 1 aliphatic heterocycles. The van der Waals surface area contributed by atoms with Gasteiger partial charge in [0.05, 0.1) is 22.9 Å². The van der Waals surface area contributed by atoms with Crippen LogP contribution < -0.4 is 9.47 Å². The van der Waals surface area contributed by atoms with E-state index < -0.39 is 20.6 Å². The quantitative estimate of drug-likeness (QED) is 0.264. The molecular weight excluding hydrogens is 542 g/mol. The van der Waals surface area contributed by atoms with Crippen LogP contribution in [-0.4, -0.2) is 47.8 Å². The summed E-state index contributed by atoms with van der Waals surface area (Å²) >= 11 is 7.37. The average Bonchev–Trinajstić information content (AvgIpc) is 3.35. The van der Waals surface area contributed by atoms with E-state index in [1.807, 2.05) is 23.6 Å². The summed E-state index contributed by atoms with van der Waals surface area (Å²) in [5, 5.41) is 13.1. The SMILES string of the molecule is O=C(CN(C1CC1)S(=O)(=O)c1ccc(Cl)c([N+](=O)[O-])c1)N(Cc1ccc2c(c1)OCO2)Cc1cccs1. The zero-order valence-electron chi connectivity index (χ0n) is 19.4. The molecule has 1 aromatic heterocycles. The Morgan fingerprint density at radius 1 is 1.11 bits per heavy atom. The molecule has 2 aromatic carbocycles. The molecule has 1 fully saturated rings. The number of ether oxygens (including phenoxy) is 2. The highest BCUT2D eigenvalue weighted by atomic mass is 35.5. The minimum Gasteiger partial charge on any atom is -0.454 e. The summed E-state index contributed by atoms with van der Waals surface area (Å²) in [7, 11) is -4.19. The number of halogens is 1. The Kier molecular flexibility index (Phi) is 7.08. The van der Waals surface area contributed by atoms with Gasteiger partial charge in [-0.25, -0.2) is 8.42 Å². The number of sulfonamides is 1. The van der Waals surface area contributed by atoms with E-state index in [0.29, 0.717) is 30.9 Å². The van der Waals surface area contributed by atoms with Gasteiger partial charge in [-0.2, -0.15) is 4.31 Å². The first kappa shape index (κ1) is 25.5. The van der Waals surface area contributed by atoms with Crippen molar-refractivity contribution in [1.82, 2.24) is 9.21 Å². The molecule has 1 amide bonds. The lowest BCUT2D eigenvalue weighted by molar-refractivity contribution is -0.384. The first-order chi connectivity index (χ1) is 17.7. The highest BCUT2D eigenvalue weighted by Gasteiger charge is 2.40. The van der Waals surface area contributed by atoms with Gasteiger partial charge < -0.3 is 14.4 Å². The van der Waals surface area contributed by atoms with Gasteiger partial charge in [0.15, 0.2) is 11.5 Å². The lowest BCUT2D eigenvalue weighted by atomic mass is 10.2. The van der Waals surface area contributed by atoms with Gasteiger partial charge in [-0.05, 0) is 54.1 Å². The number of nitro benzene ring substituents is 1. The standard InChI is InChI=1S/C24H22ClN3O7S2/c25-20-7-6-19(11-21(20)28(30)31)37(32,33)27(17-4-5-17)14-24(29)26(13-18-2-1-9-36-18)12-16-3-8-22-23(10-16)35-15-34-22/h1-3,6-11,17H,4-5,12-15H2. The maximum absolute atomic E-state index is 13.6. The lowest BCUT2D eigenvalue weighted by Gasteiger charge is -2.27. The third-order valence-electron chi connectivity index (χ3n) is 6.06. The van der Waals surface area contributed by atoms with Crippen molar-refractivity contribution in [2.75, 3.05) is 13.3 Å². The number of amides is 1. The van der Waals surface area contributed by atoms with Crippen LogP contribution >= 0.6 is 22.9 Å². The molecule has 1 aliphatic carbocycles. The molecule has 2 aliphatic rings. The topological polar surface area (TPSA) is 119 Å². The van der Waals surface area contributed by atoms with Crippen LogP contribution in [0.1, 0.15) is 23.3 Å². The van der Waals surface area contributed by atoms with Gasteiger partial charge in [0, 0.05) is 23.5 Å². The van der Waals surface area contributed by atoms with Crippen LogP contribution in [0.15, 0.2) is 58.8 Å². The fourth-order valence-corrected chi connectivity index (χ4v) is 6.58. The molecule has 0 spiro atoms. The molecule has 0 unspecified atom stereocenters. The molecule has 0 N–H and O–H groups in total. The Bertz CT molecular complexity index is 1440. The molecule has 13 heteroatoms. The molecule has 0 atom stereocenters. The summed E-state index contributed by atoms with van der Waals surface area (Å²) in [6.07, 6.45) is 1.21. The molecule has 37 heavy (non-hydrogen) atoms. The van der Waals surface area contributed by atoms with Crippen LogP contribution in [0.25, 0.3) is 0 Å². The summed E-state index contributed by atoms with van der Waals surface area (Å²) in [5.74, 6) is 0.834. The van der Waals surface area contributed by atoms with Crippen LogP contribution in [0, 0.1) is 10.1 Å². The Morgan fingerprint density at radius 3 is 2.59 bits per heavy atom.